The first-order chi connectivity index (χ1) is 10.7. The fraction of sp³-hybridized carbons (Fsp3) is 0.125. The lowest BCUT2D eigenvalue weighted by molar-refractivity contribution is 0.787. The van der Waals surface area contributed by atoms with Gasteiger partial charge in [0.05, 0.1) is 12.6 Å². The molecule has 1 atom stereocenters. The van der Waals surface area contributed by atoms with E-state index in [1.807, 2.05) is 42.5 Å². The van der Waals surface area contributed by atoms with Crippen molar-refractivity contribution >= 4 is 17.3 Å². The Kier molecular flexibility index (Phi) is 4.37. The SMILES string of the molecule is N[C@H](c1ccc(Cl)cc1)c1n[nH]c(CNc2ccccc2)n1. The van der Waals surface area contributed by atoms with E-state index in [-0.39, 0.29) is 6.04 Å². The summed E-state index contributed by atoms with van der Waals surface area (Å²) >= 11 is 5.88. The Labute approximate surface area is 133 Å². The Bertz CT molecular complexity index is 724. The van der Waals surface area contributed by atoms with E-state index in [9.17, 15) is 0 Å². The zero-order valence-electron chi connectivity index (χ0n) is 11.8. The fourth-order valence-corrected chi connectivity index (χ4v) is 2.22. The van der Waals surface area contributed by atoms with Crippen LogP contribution in [-0.4, -0.2) is 15.2 Å². The number of anilines is 1. The van der Waals surface area contributed by atoms with Crippen LogP contribution < -0.4 is 11.1 Å². The molecule has 0 saturated heterocycles. The molecule has 22 heavy (non-hydrogen) atoms. The van der Waals surface area contributed by atoms with Crippen LogP contribution >= 0.6 is 11.6 Å². The largest absolute Gasteiger partial charge is 0.378 e. The molecule has 4 N–H and O–H groups in total. The maximum Gasteiger partial charge on any atom is 0.171 e. The van der Waals surface area contributed by atoms with Crippen LogP contribution in [0.4, 0.5) is 5.69 Å². The van der Waals surface area contributed by atoms with Crippen molar-refractivity contribution in [2.24, 2.45) is 5.73 Å². The number of hydrogen-bond donors (Lipinski definition) is 3. The zero-order valence-corrected chi connectivity index (χ0v) is 12.6. The van der Waals surface area contributed by atoms with Crippen molar-refractivity contribution in [1.82, 2.24) is 15.2 Å². The third kappa shape index (κ3) is 3.44. The zero-order chi connectivity index (χ0) is 15.4. The van der Waals surface area contributed by atoms with Crippen LogP contribution in [0.1, 0.15) is 23.3 Å². The maximum atomic E-state index is 6.18. The molecule has 0 bridgehead atoms. The number of aromatic amines is 1. The monoisotopic (exact) mass is 313 g/mol. The van der Waals surface area contributed by atoms with E-state index in [1.54, 1.807) is 12.1 Å². The summed E-state index contributed by atoms with van der Waals surface area (Å²) in [5, 5.41) is 11.0. The molecule has 0 radical (unpaired) electrons. The third-order valence-corrected chi connectivity index (χ3v) is 3.54. The lowest BCUT2D eigenvalue weighted by atomic mass is 10.1. The highest BCUT2D eigenvalue weighted by Gasteiger charge is 2.14. The number of rotatable bonds is 5. The van der Waals surface area contributed by atoms with Gasteiger partial charge in [-0.15, -0.1) is 0 Å². The average molecular weight is 314 g/mol. The fourth-order valence-electron chi connectivity index (χ4n) is 2.09. The molecule has 2 aromatic carbocycles. The van der Waals surface area contributed by atoms with Gasteiger partial charge in [0.15, 0.2) is 5.82 Å². The minimum Gasteiger partial charge on any atom is -0.378 e. The number of para-hydroxylation sites is 1. The first-order valence-electron chi connectivity index (χ1n) is 6.93. The Morgan fingerprint density at radius 3 is 2.55 bits per heavy atom. The van der Waals surface area contributed by atoms with Gasteiger partial charge in [-0.05, 0) is 29.8 Å². The summed E-state index contributed by atoms with van der Waals surface area (Å²) in [5.41, 5.74) is 8.13. The predicted molar refractivity (Wildman–Crippen MR) is 87.6 cm³/mol. The van der Waals surface area contributed by atoms with Crippen LogP contribution in [0, 0.1) is 0 Å². The Hall–Kier alpha value is -2.37. The molecular weight excluding hydrogens is 298 g/mol. The van der Waals surface area contributed by atoms with Crippen LogP contribution in [0.15, 0.2) is 54.6 Å². The molecule has 3 aromatic rings. The summed E-state index contributed by atoms with van der Waals surface area (Å²) in [7, 11) is 0. The van der Waals surface area contributed by atoms with Gasteiger partial charge in [0, 0.05) is 10.7 Å². The predicted octanol–water partition coefficient (Wildman–Crippen LogP) is 3.12. The standard InChI is InChI=1S/C16H16ClN5/c17-12-8-6-11(7-9-12)15(18)16-20-14(21-22-16)10-19-13-4-2-1-3-5-13/h1-9,15,19H,10,18H2,(H,20,21,22)/t15-/m1/s1. The van der Waals surface area contributed by atoms with Gasteiger partial charge in [-0.2, -0.15) is 5.10 Å². The highest BCUT2D eigenvalue weighted by atomic mass is 35.5. The first-order valence-corrected chi connectivity index (χ1v) is 7.31. The van der Waals surface area contributed by atoms with E-state index in [0.29, 0.717) is 17.4 Å². The molecule has 1 aromatic heterocycles. The van der Waals surface area contributed by atoms with E-state index >= 15 is 0 Å². The molecule has 0 unspecified atom stereocenters. The second-order valence-corrected chi connectivity index (χ2v) is 5.33. The summed E-state index contributed by atoms with van der Waals surface area (Å²) < 4.78 is 0. The molecule has 0 aliphatic rings. The van der Waals surface area contributed by atoms with Crippen LogP contribution in [0.3, 0.4) is 0 Å². The number of nitrogens with zero attached hydrogens (tertiary/aromatic N) is 2. The number of nitrogens with one attached hydrogen (secondary N) is 2. The molecule has 0 aliphatic carbocycles. The van der Waals surface area contributed by atoms with Gasteiger partial charge in [0.1, 0.15) is 5.82 Å². The summed E-state index contributed by atoms with van der Waals surface area (Å²) in [4.78, 5) is 4.44. The van der Waals surface area contributed by atoms with Crippen molar-refractivity contribution in [3.05, 3.63) is 76.8 Å². The summed E-state index contributed by atoms with van der Waals surface area (Å²) in [6.45, 7) is 0.560. The lowest BCUT2D eigenvalue weighted by Gasteiger charge is -2.07. The van der Waals surface area contributed by atoms with Crippen molar-refractivity contribution < 1.29 is 0 Å². The Morgan fingerprint density at radius 2 is 1.82 bits per heavy atom. The van der Waals surface area contributed by atoms with E-state index in [2.05, 4.69) is 20.5 Å². The minimum absolute atomic E-state index is 0.376. The average Bonchev–Trinajstić information content (AvgIpc) is 3.03. The summed E-state index contributed by atoms with van der Waals surface area (Å²) in [6.07, 6.45) is 0. The van der Waals surface area contributed by atoms with Gasteiger partial charge in [-0.3, -0.25) is 5.10 Å². The van der Waals surface area contributed by atoms with E-state index in [0.717, 1.165) is 17.1 Å². The van der Waals surface area contributed by atoms with Crippen molar-refractivity contribution in [3.63, 3.8) is 0 Å². The molecular formula is C16H16ClN5. The molecule has 0 spiro atoms. The van der Waals surface area contributed by atoms with Crippen molar-refractivity contribution in [3.8, 4) is 0 Å². The van der Waals surface area contributed by atoms with E-state index in [1.165, 1.54) is 0 Å². The maximum absolute atomic E-state index is 6.18. The van der Waals surface area contributed by atoms with Crippen LogP contribution in [0.25, 0.3) is 0 Å². The molecule has 3 rings (SSSR count). The van der Waals surface area contributed by atoms with Crippen molar-refractivity contribution in [2.75, 3.05) is 5.32 Å². The van der Waals surface area contributed by atoms with Crippen LogP contribution in [0.5, 0.6) is 0 Å². The molecule has 6 heteroatoms. The van der Waals surface area contributed by atoms with Crippen molar-refractivity contribution in [1.29, 1.82) is 0 Å². The molecule has 5 nitrogen and oxygen atoms in total. The van der Waals surface area contributed by atoms with Crippen molar-refractivity contribution in [2.45, 2.75) is 12.6 Å². The van der Waals surface area contributed by atoms with Gasteiger partial charge in [0.2, 0.25) is 0 Å². The molecule has 112 valence electrons. The number of H-pyrrole nitrogens is 1. The number of nitrogens with two attached hydrogens (primary N) is 1. The number of halogens is 1. The number of aromatic nitrogens is 3. The van der Waals surface area contributed by atoms with Crippen LogP contribution in [0.2, 0.25) is 5.02 Å². The molecule has 1 heterocycles. The second-order valence-electron chi connectivity index (χ2n) is 4.89. The summed E-state index contributed by atoms with van der Waals surface area (Å²) in [5.74, 6) is 1.30. The molecule has 0 fully saturated rings. The Morgan fingerprint density at radius 1 is 1.09 bits per heavy atom. The summed E-state index contributed by atoms with van der Waals surface area (Å²) in [6, 6.07) is 16.9. The molecule has 0 aliphatic heterocycles. The van der Waals surface area contributed by atoms with Gasteiger partial charge >= 0.3 is 0 Å². The highest BCUT2D eigenvalue weighted by Crippen LogP contribution is 2.18. The highest BCUT2D eigenvalue weighted by molar-refractivity contribution is 6.30. The second kappa shape index (κ2) is 6.60. The molecule has 0 amide bonds. The normalized spacial score (nSPS) is 12.1. The third-order valence-electron chi connectivity index (χ3n) is 3.29. The van der Waals surface area contributed by atoms with E-state index in [4.69, 9.17) is 17.3 Å². The number of hydrogen-bond acceptors (Lipinski definition) is 4. The lowest BCUT2D eigenvalue weighted by Crippen LogP contribution is -2.13. The Balaban J connectivity index is 1.66. The van der Waals surface area contributed by atoms with E-state index < -0.39 is 0 Å². The van der Waals surface area contributed by atoms with Gasteiger partial charge in [-0.1, -0.05) is 41.9 Å². The minimum atomic E-state index is -0.376. The first kappa shape index (κ1) is 14.6. The van der Waals surface area contributed by atoms with Gasteiger partial charge in [0.25, 0.3) is 0 Å². The molecule has 0 saturated carbocycles. The smallest absolute Gasteiger partial charge is 0.171 e. The van der Waals surface area contributed by atoms with Gasteiger partial charge in [-0.25, -0.2) is 4.98 Å². The van der Waals surface area contributed by atoms with Crippen LogP contribution in [-0.2, 0) is 6.54 Å². The quantitative estimate of drug-likeness (QED) is 0.676. The van der Waals surface area contributed by atoms with Gasteiger partial charge < -0.3 is 11.1 Å². The topological polar surface area (TPSA) is 79.6 Å². The number of benzene rings is 2.